The molecule has 0 radical (unpaired) electrons. The predicted octanol–water partition coefficient (Wildman–Crippen LogP) is 4.61. The molecule has 2 aromatic heterocycles. The Morgan fingerprint density at radius 2 is 2.11 bits per heavy atom. The van der Waals surface area contributed by atoms with Gasteiger partial charge in [-0.2, -0.15) is 10.1 Å². The van der Waals surface area contributed by atoms with Crippen molar-refractivity contribution in [1.29, 1.82) is 0 Å². The van der Waals surface area contributed by atoms with Gasteiger partial charge in [0.05, 0.1) is 11.6 Å². The van der Waals surface area contributed by atoms with E-state index in [-0.39, 0.29) is 0 Å². The van der Waals surface area contributed by atoms with Gasteiger partial charge in [0.15, 0.2) is 5.82 Å². The summed E-state index contributed by atoms with van der Waals surface area (Å²) in [5, 5.41) is 4.71. The molecule has 0 atom stereocenters. The third-order valence-electron chi connectivity index (χ3n) is 4.74. The molecule has 8 heteroatoms. The van der Waals surface area contributed by atoms with Gasteiger partial charge in [-0.1, -0.05) is 35.2 Å². The average Bonchev–Trinajstić information content (AvgIpc) is 3.31. The first-order valence-electron chi connectivity index (χ1n) is 9.96. The Labute approximate surface area is 175 Å². The molecule has 6 nitrogen and oxygen atoms in total. The molecule has 0 bridgehead atoms. The second-order valence-corrected chi connectivity index (χ2v) is 7.72. The van der Waals surface area contributed by atoms with Crippen LogP contribution in [0.1, 0.15) is 50.8 Å². The normalized spacial score (nSPS) is 11.2. The highest BCUT2D eigenvalue weighted by Gasteiger charge is 2.19. The topological polar surface area (TPSA) is 53.0 Å². The van der Waals surface area contributed by atoms with E-state index in [0.29, 0.717) is 5.28 Å². The SMILES string of the molecule is C=CN(CCCCC)c1nc(Cl)[nH]c1C(=P)N(C)CCCc1cnn(CC)c1. The van der Waals surface area contributed by atoms with Crippen LogP contribution in [-0.2, 0) is 13.0 Å². The minimum atomic E-state index is 0.378. The first-order chi connectivity index (χ1) is 13.5. The second-order valence-electron chi connectivity index (χ2n) is 6.89. The average molecular weight is 423 g/mol. The van der Waals surface area contributed by atoms with Gasteiger partial charge in [-0.15, -0.1) is 0 Å². The summed E-state index contributed by atoms with van der Waals surface area (Å²) in [6.45, 7) is 10.9. The van der Waals surface area contributed by atoms with E-state index in [9.17, 15) is 0 Å². The van der Waals surface area contributed by atoms with Crippen molar-refractivity contribution in [2.45, 2.75) is 52.5 Å². The zero-order valence-electron chi connectivity index (χ0n) is 17.2. The fourth-order valence-electron chi connectivity index (χ4n) is 3.06. The highest BCUT2D eigenvalue weighted by molar-refractivity contribution is 7.21. The van der Waals surface area contributed by atoms with Crippen LogP contribution in [-0.4, -0.2) is 50.2 Å². The molecule has 154 valence electrons. The van der Waals surface area contributed by atoms with Crippen LogP contribution in [0.25, 0.3) is 0 Å². The van der Waals surface area contributed by atoms with Crippen LogP contribution in [0.4, 0.5) is 5.82 Å². The van der Waals surface area contributed by atoms with Crippen molar-refractivity contribution in [2.24, 2.45) is 0 Å². The molecule has 0 aromatic carbocycles. The van der Waals surface area contributed by atoms with E-state index >= 15 is 0 Å². The van der Waals surface area contributed by atoms with Crippen LogP contribution in [0, 0.1) is 0 Å². The van der Waals surface area contributed by atoms with Gasteiger partial charge < -0.3 is 9.88 Å². The lowest BCUT2D eigenvalue weighted by Gasteiger charge is -2.22. The molecule has 0 spiro atoms. The summed E-state index contributed by atoms with van der Waals surface area (Å²) < 4.78 is 1.96. The number of anilines is 1. The smallest absolute Gasteiger partial charge is 0.202 e. The van der Waals surface area contributed by atoms with E-state index in [1.54, 1.807) is 0 Å². The van der Waals surface area contributed by atoms with Crippen LogP contribution in [0.3, 0.4) is 0 Å². The van der Waals surface area contributed by atoms with E-state index in [2.05, 4.69) is 67.4 Å². The molecule has 0 fully saturated rings. The first-order valence-corrected chi connectivity index (χ1v) is 10.8. The summed E-state index contributed by atoms with van der Waals surface area (Å²) in [6.07, 6.45) is 11.3. The van der Waals surface area contributed by atoms with Crippen molar-refractivity contribution >= 4 is 31.7 Å². The molecular weight excluding hydrogens is 391 g/mol. The number of rotatable bonds is 13. The number of nitrogens with one attached hydrogen (secondary N) is 1. The Balaban J connectivity index is 1.98. The Kier molecular flexibility index (Phi) is 9.23. The number of hydrogen-bond acceptors (Lipinski definition) is 3. The molecule has 0 aliphatic heterocycles. The van der Waals surface area contributed by atoms with Crippen LogP contribution in [0.2, 0.25) is 5.28 Å². The van der Waals surface area contributed by atoms with Crippen molar-refractivity contribution in [3.05, 3.63) is 41.7 Å². The number of H-pyrrole nitrogens is 1. The summed E-state index contributed by atoms with van der Waals surface area (Å²) in [4.78, 5) is 11.9. The second kappa shape index (κ2) is 11.4. The third-order valence-corrected chi connectivity index (χ3v) is 5.55. The van der Waals surface area contributed by atoms with E-state index in [1.165, 1.54) is 18.4 Å². The first kappa shape index (κ1) is 22.7. The van der Waals surface area contributed by atoms with Gasteiger partial charge in [-0.25, -0.2) is 0 Å². The van der Waals surface area contributed by atoms with Crippen LogP contribution >= 0.6 is 20.5 Å². The van der Waals surface area contributed by atoms with Crippen LogP contribution in [0.5, 0.6) is 0 Å². The molecule has 0 aliphatic rings. The fraction of sp³-hybridized carbons (Fsp3) is 0.550. The molecule has 0 aliphatic carbocycles. The van der Waals surface area contributed by atoms with Crippen LogP contribution in [0.15, 0.2) is 25.2 Å². The molecule has 0 saturated carbocycles. The molecule has 0 amide bonds. The monoisotopic (exact) mass is 422 g/mol. The maximum atomic E-state index is 6.19. The summed E-state index contributed by atoms with van der Waals surface area (Å²) in [5.74, 6) is 0.803. The zero-order valence-corrected chi connectivity index (χ0v) is 19.0. The molecule has 2 rings (SSSR count). The Hall–Kier alpha value is -1.62. The molecule has 2 aromatic rings. The molecule has 2 heterocycles. The van der Waals surface area contributed by atoms with Gasteiger partial charge in [0.1, 0.15) is 5.69 Å². The third kappa shape index (κ3) is 6.20. The Bertz CT molecular complexity index is 769. The maximum absolute atomic E-state index is 6.19. The highest BCUT2D eigenvalue weighted by atomic mass is 35.5. The number of imidazole rings is 1. The molecule has 0 saturated heterocycles. The van der Waals surface area contributed by atoms with E-state index in [4.69, 9.17) is 11.6 Å². The predicted molar refractivity (Wildman–Crippen MR) is 122 cm³/mol. The van der Waals surface area contributed by atoms with Gasteiger partial charge in [-0.3, -0.25) is 9.58 Å². The highest BCUT2D eigenvalue weighted by Crippen LogP contribution is 2.24. The Morgan fingerprint density at radius 3 is 2.75 bits per heavy atom. The largest absolute Gasteiger partial charge is 0.332 e. The van der Waals surface area contributed by atoms with E-state index < -0.39 is 0 Å². The molecule has 0 unspecified atom stereocenters. The Morgan fingerprint density at radius 1 is 1.32 bits per heavy atom. The maximum Gasteiger partial charge on any atom is 0.202 e. The van der Waals surface area contributed by atoms with Crippen molar-refractivity contribution in [3.8, 4) is 0 Å². The van der Waals surface area contributed by atoms with Gasteiger partial charge >= 0.3 is 0 Å². The number of unbranched alkanes of at least 4 members (excludes halogenated alkanes) is 2. The standard InChI is InChI=1S/C20H32ClN6P/c1-5-8-9-13-26(6-2)18-17(23-20(21)24-18)19(28)25(4)12-10-11-16-14-22-27(7-3)15-16/h6,14-15,28H,2,5,7-13H2,1,3-4H3,(H,23,24). The lowest BCUT2D eigenvalue weighted by atomic mass is 10.2. The van der Waals surface area contributed by atoms with Gasteiger partial charge in [0, 0.05) is 25.8 Å². The lowest BCUT2D eigenvalue weighted by molar-refractivity contribution is 0.495. The quantitative estimate of drug-likeness (QED) is 0.378. The number of nitrogens with zero attached hydrogens (tertiary/aromatic N) is 5. The molecule has 1 N–H and O–H groups in total. The van der Waals surface area contributed by atoms with Crippen LogP contribution < -0.4 is 4.90 Å². The fourth-order valence-corrected chi connectivity index (χ4v) is 3.52. The van der Waals surface area contributed by atoms with Crippen molar-refractivity contribution in [3.63, 3.8) is 0 Å². The number of aryl methyl sites for hydroxylation is 2. The summed E-state index contributed by atoms with van der Waals surface area (Å²) in [6, 6.07) is 0. The van der Waals surface area contributed by atoms with Gasteiger partial charge in [-0.05, 0) is 56.6 Å². The molecule has 28 heavy (non-hydrogen) atoms. The zero-order chi connectivity index (χ0) is 20.5. The van der Waals surface area contributed by atoms with Gasteiger partial charge in [0.2, 0.25) is 5.28 Å². The number of halogens is 1. The van der Waals surface area contributed by atoms with E-state index in [0.717, 1.165) is 55.8 Å². The summed E-state index contributed by atoms with van der Waals surface area (Å²) in [5.41, 5.74) is 3.07. The van der Waals surface area contributed by atoms with Gasteiger partial charge in [0.25, 0.3) is 0 Å². The van der Waals surface area contributed by atoms with Crippen molar-refractivity contribution < 1.29 is 0 Å². The number of hydrogen-bond donors (Lipinski definition) is 1. The summed E-state index contributed by atoms with van der Waals surface area (Å²) in [7, 11) is 5.85. The van der Waals surface area contributed by atoms with Crippen molar-refractivity contribution in [1.82, 2.24) is 24.6 Å². The number of aromatic amines is 1. The number of aromatic nitrogens is 4. The molecular formula is C20H32ClN6P. The van der Waals surface area contributed by atoms with E-state index in [1.807, 2.05) is 17.1 Å². The minimum Gasteiger partial charge on any atom is -0.332 e. The van der Waals surface area contributed by atoms with Crippen molar-refractivity contribution in [2.75, 3.05) is 25.0 Å². The lowest BCUT2D eigenvalue weighted by Crippen LogP contribution is -2.29. The summed E-state index contributed by atoms with van der Waals surface area (Å²) >= 11 is 6.19. The minimum absolute atomic E-state index is 0.378.